The summed E-state index contributed by atoms with van der Waals surface area (Å²) in [6.45, 7) is 2.29. The van der Waals surface area contributed by atoms with Crippen LogP contribution < -0.4 is 10.9 Å². The molecule has 2 rings (SSSR count). The summed E-state index contributed by atoms with van der Waals surface area (Å²) in [6.07, 6.45) is 1.40. The minimum Gasteiger partial charge on any atom is -0.396 e. The molecule has 23 heavy (non-hydrogen) atoms. The summed E-state index contributed by atoms with van der Waals surface area (Å²) in [5.41, 5.74) is 0.124. The molecule has 0 amide bonds. The van der Waals surface area contributed by atoms with Gasteiger partial charge in [0.2, 0.25) is 0 Å². The Morgan fingerprint density at radius 3 is 2.65 bits per heavy atom. The van der Waals surface area contributed by atoms with Gasteiger partial charge in [-0.3, -0.25) is 14.9 Å². The summed E-state index contributed by atoms with van der Waals surface area (Å²) in [7, 11) is 0. The van der Waals surface area contributed by atoms with E-state index in [0.717, 1.165) is 4.68 Å². The second kappa shape index (κ2) is 7.21. The van der Waals surface area contributed by atoms with Gasteiger partial charge in [0, 0.05) is 25.3 Å². The van der Waals surface area contributed by atoms with E-state index in [1.165, 1.54) is 30.5 Å². The number of nitro groups is 1. The average molecular weight is 339 g/mol. The average Bonchev–Trinajstić information content (AvgIpc) is 2.56. The Labute approximate surface area is 136 Å². The van der Waals surface area contributed by atoms with E-state index in [9.17, 15) is 14.9 Å². The maximum Gasteiger partial charge on any atom is 0.292 e. The number of halogens is 1. The standard InChI is InChI=1S/C14H15ClN4O4/c1-9(8-20)6-16-12-7-17-18(14(21)13(12)15)10-2-4-11(5-3-10)19(22)23/h2-5,7,9,16,20H,6,8H2,1H3. The summed E-state index contributed by atoms with van der Waals surface area (Å²) in [5.74, 6) is 0.00294. The molecule has 2 N–H and O–H groups in total. The molecule has 0 aliphatic rings. The third-order valence-electron chi connectivity index (χ3n) is 3.18. The van der Waals surface area contributed by atoms with Crippen LogP contribution in [-0.2, 0) is 0 Å². The maximum absolute atomic E-state index is 12.3. The van der Waals surface area contributed by atoms with Gasteiger partial charge < -0.3 is 10.4 Å². The molecule has 8 nitrogen and oxygen atoms in total. The Morgan fingerprint density at radius 1 is 1.43 bits per heavy atom. The van der Waals surface area contributed by atoms with E-state index in [1.54, 1.807) is 0 Å². The van der Waals surface area contributed by atoms with E-state index in [4.69, 9.17) is 16.7 Å². The number of non-ortho nitro benzene ring substituents is 1. The molecule has 0 spiro atoms. The van der Waals surface area contributed by atoms with Crippen LogP contribution >= 0.6 is 11.6 Å². The number of benzene rings is 1. The fraction of sp³-hybridized carbons (Fsp3) is 0.286. The molecule has 0 saturated heterocycles. The molecule has 0 aliphatic heterocycles. The first-order chi connectivity index (χ1) is 10.9. The molecule has 1 aromatic heterocycles. The predicted molar refractivity (Wildman–Crippen MR) is 86.2 cm³/mol. The van der Waals surface area contributed by atoms with Crippen molar-refractivity contribution in [2.75, 3.05) is 18.5 Å². The number of nitrogens with zero attached hydrogens (tertiary/aromatic N) is 3. The zero-order valence-corrected chi connectivity index (χ0v) is 13.0. The van der Waals surface area contributed by atoms with Crippen molar-refractivity contribution in [3.63, 3.8) is 0 Å². The largest absolute Gasteiger partial charge is 0.396 e. The molecule has 0 radical (unpaired) electrons. The Bertz CT molecular complexity index is 760. The van der Waals surface area contributed by atoms with Crippen LogP contribution in [0.25, 0.3) is 5.69 Å². The highest BCUT2D eigenvalue weighted by Gasteiger charge is 2.12. The van der Waals surface area contributed by atoms with Gasteiger partial charge in [-0.05, 0) is 18.1 Å². The number of aromatic nitrogens is 2. The summed E-state index contributed by atoms with van der Waals surface area (Å²) in [6, 6.07) is 5.41. The molecule has 1 unspecified atom stereocenters. The molecular formula is C14H15ClN4O4. The molecule has 1 atom stereocenters. The van der Waals surface area contributed by atoms with Crippen molar-refractivity contribution in [2.24, 2.45) is 5.92 Å². The Morgan fingerprint density at radius 2 is 2.09 bits per heavy atom. The first-order valence-electron chi connectivity index (χ1n) is 6.81. The van der Waals surface area contributed by atoms with Gasteiger partial charge in [-0.1, -0.05) is 18.5 Å². The van der Waals surface area contributed by atoms with Crippen molar-refractivity contribution in [3.05, 3.63) is 56.0 Å². The molecular weight excluding hydrogens is 324 g/mol. The highest BCUT2D eigenvalue weighted by atomic mass is 35.5. The Balaban J connectivity index is 2.29. The van der Waals surface area contributed by atoms with Crippen LogP contribution in [0.4, 0.5) is 11.4 Å². The molecule has 2 aromatic rings. The highest BCUT2D eigenvalue weighted by Crippen LogP contribution is 2.18. The summed E-state index contributed by atoms with van der Waals surface area (Å²) >= 11 is 6.05. The maximum atomic E-state index is 12.3. The van der Waals surface area contributed by atoms with E-state index < -0.39 is 10.5 Å². The smallest absolute Gasteiger partial charge is 0.292 e. The van der Waals surface area contributed by atoms with Crippen LogP contribution in [-0.4, -0.2) is 33.0 Å². The highest BCUT2D eigenvalue weighted by molar-refractivity contribution is 6.32. The van der Waals surface area contributed by atoms with Gasteiger partial charge in [0.15, 0.2) is 0 Å². The first kappa shape index (κ1) is 16.9. The summed E-state index contributed by atoms with van der Waals surface area (Å²) in [4.78, 5) is 22.4. The molecule has 122 valence electrons. The van der Waals surface area contributed by atoms with Crippen molar-refractivity contribution >= 4 is 23.0 Å². The number of nitrogens with one attached hydrogen (secondary N) is 1. The fourth-order valence-corrected chi connectivity index (χ4v) is 2.00. The van der Waals surface area contributed by atoms with Crippen LogP contribution in [0.2, 0.25) is 5.02 Å². The van der Waals surface area contributed by atoms with Crippen molar-refractivity contribution in [3.8, 4) is 5.69 Å². The van der Waals surface area contributed by atoms with E-state index in [0.29, 0.717) is 17.9 Å². The number of rotatable bonds is 6. The fourth-order valence-electron chi connectivity index (χ4n) is 1.80. The molecule has 0 aliphatic carbocycles. The quantitative estimate of drug-likeness (QED) is 0.614. The van der Waals surface area contributed by atoms with Gasteiger partial charge in [-0.25, -0.2) is 0 Å². The molecule has 1 aromatic carbocycles. The topological polar surface area (TPSA) is 110 Å². The normalized spacial score (nSPS) is 12.0. The zero-order chi connectivity index (χ0) is 17.0. The van der Waals surface area contributed by atoms with Gasteiger partial charge in [0.1, 0.15) is 5.02 Å². The van der Waals surface area contributed by atoms with Crippen LogP contribution in [0, 0.1) is 16.0 Å². The lowest BCUT2D eigenvalue weighted by atomic mass is 10.2. The SMILES string of the molecule is CC(CO)CNc1cnn(-c2ccc([N+](=O)[O-])cc2)c(=O)c1Cl. The van der Waals surface area contributed by atoms with E-state index in [-0.39, 0.29) is 23.2 Å². The lowest BCUT2D eigenvalue weighted by Gasteiger charge is -2.12. The molecule has 0 saturated carbocycles. The Kier molecular flexibility index (Phi) is 5.30. The van der Waals surface area contributed by atoms with Crippen molar-refractivity contribution in [2.45, 2.75) is 6.92 Å². The third kappa shape index (κ3) is 3.85. The van der Waals surface area contributed by atoms with Crippen LogP contribution in [0.3, 0.4) is 0 Å². The number of aliphatic hydroxyl groups excluding tert-OH is 1. The lowest BCUT2D eigenvalue weighted by Crippen LogP contribution is -2.24. The zero-order valence-electron chi connectivity index (χ0n) is 12.3. The Hall–Kier alpha value is -2.45. The van der Waals surface area contributed by atoms with Crippen LogP contribution in [0.1, 0.15) is 6.92 Å². The summed E-state index contributed by atoms with van der Waals surface area (Å²) in [5, 5.41) is 26.6. The molecule has 0 bridgehead atoms. The minimum atomic E-state index is -0.540. The van der Waals surface area contributed by atoms with Gasteiger partial charge >= 0.3 is 0 Å². The van der Waals surface area contributed by atoms with Crippen LogP contribution in [0.15, 0.2) is 35.3 Å². The number of anilines is 1. The van der Waals surface area contributed by atoms with E-state index >= 15 is 0 Å². The van der Waals surface area contributed by atoms with Gasteiger partial charge in [-0.2, -0.15) is 9.78 Å². The van der Waals surface area contributed by atoms with E-state index in [1.807, 2.05) is 6.92 Å². The first-order valence-corrected chi connectivity index (χ1v) is 7.19. The monoisotopic (exact) mass is 338 g/mol. The number of aliphatic hydroxyl groups is 1. The van der Waals surface area contributed by atoms with Crippen molar-refractivity contribution < 1.29 is 10.0 Å². The minimum absolute atomic E-state index is 0.00294. The summed E-state index contributed by atoms with van der Waals surface area (Å²) < 4.78 is 1.06. The van der Waals surface area contributed by atoms with Gasteiger partial charge in [0.05, 0.1) is 22.5 Å². The third-order valence-corrected chi connectivity index (χ3v) is 3.54. The predicted octanol–water partition coefficient (Wildman–Crippen LogP) is 1.83. The number of hydrogen-bond acceptors (Lipinski definition) is 6. The molecule has 9 heteroatoms. The number of nitro benzene ring substituents is 1. The van der Waals surface area contributed by atoms with Gasteiger partial charge in [-0.15, -0.1) is 0 Å². The molecule has 1 heterocycles. The molecule has 0 fully saturated rings. The van der Waals surface area contributed by atoms with E-state index in [2.05, 4.69) is 10.4 Å². The number of hydrogen-bond donors (Lipinski definition) is 2. The van der Waals surface area contributed by atoms with Gasteiger partial charge in [0.25, 0.3) is 11.2 Å². The van der Waals surface area contributed by atoms with Crippen molar-refractivity contribution in [1.82, 2.24) is 9.78 Å². The lowest BCUT2D eigenvalue weighted by molar-refractivity contribution is -0.384. The van der Waals surface area contributed by atoms with Crippen molar-refractivity contribution in [1.29, 1.82) is 0 Å². The van der Waals surface area contributed by atoms with Crippen LogP contribution in [0.5, 0.6) is 0 Å². The second-order valence-corrected chi connectivity index (χ2v) is 5.41. The second-order valence-electron chi connectivity index (χ2n) is 5.03.